The van der Waals surface area contributed by atoms with E-state index in [0.29, 0.717) is 0 Å². The summed E-state index contributed by atoms with van der Waals surface area (Å²) in [5, 5.41) is 7.49. The van der Waals surface area contributed by atoms with Crippen LogP contribution < -0.4 is 0 Å². The molecule has 0 amide bonds. The lowest BCUT2D eigenvalue weighted by Gasteiger charge is -2.22. The molecule has 0 atom stereocenters. The molecule has 0 saturated heterocycles. The zero-order chi connectivity index (χ0) is 15.7. The largest absolute Gasteiger partial charge is 0.493 e. The number of hydrogen-bond donors (Lipinski definition) is 1. The average molecular weight is 296 g/mol. The number of carboxylic acids is 1. The van der Waals surface area contributed by atoms with Gasteiger partial charge in [-0.25, -0.2) is 13.2 Å². The Morgan fingerprint density at radius 2 is 1.85 bits per heavy atom. The maximum Gasteiger partial charge on any atom is 0.493 e. The number of aryl methyl sites for hydroxylation is 1. The molecule has 6 nitrogen and oxygen atoms in total. The minimum absolute atomic E-state index is 0.205. The van der Waals surface area contributed by atoms with Gasteiger partial charge in [-0.15, -0.1) is 4.79 Å². The van der Waals surface area contributed by atoms with E-state index in [9.17, 15) is 13.2 Å². The molecule has 0 aliphatic carbocycles. The number of sulfone groups is 1. The van der Waals surface area contributed by atoms with Crippen LogP contribution in [0.4, 0.5) is 0 Å². The first-order valence-corrected chi connectivity index (χ1v) is 7.31. The number of benzene rings is 1. The second kappa shape index (κ2) is 5.19. The molecule has 0 heterocycles. The van der Waals surface area contributed by atoms with E-state index in [2.05, 4.69) is 4.79 Å². The summed E-state index contributed by atoms with van der Waals surface area (Å²) in [4.78, 5) is 13.0. The summed E-state index contributed by atoms with van der Waals surface area (Å²) in [6.45, 7) is 7.60. The van der Waals surface area contributed by atoms with Crippen molar-refractivity contribution in [2.24, 2.45) is 0 Å². The summed E-state index contributed by atoms with van der Waals surface area (Å²) in [6, 6.07) is 4.32. The molecule has 0 radical (unpaired) electrons. The highest BCUT2D eigenvalue weighted by Crippen LogP contribution is 2.28. The van der Waals surface area contributed by atoms with Gasteiger partial charge >= 0.3 is 11.0 Å². The zero-order valence-electron chi connectivity index (χ0n) is 11.7. The predicted molar refractivity (Wildman–Crippen MR) is 73.3 cm³/mol. The number of hydrogen-bond acceptors (Lipinski definition) is 3. The molecule has 0 bridgehead atoms. The minimum atomic E-state index is -4.35. The first-order valence-electron chi connectivity index (χ1n) is 5.83. The molecule has 1 N–H and O–H groups in total. The van der Waals surface area contributed by atoms with Crippen LogP contribution in [0.25, 0.3) is 5.53 Å². The fourth-order valence-corrected chi connectivity index (χ4v) is 2.98. The first-order chi connectivity index (χ1) is 9.01. The van der Waals surface area contributed by atoms with Crippen molar-refractivity contribution in [3.63, 3.8) is 0 Å². The molecule has 0 saturated carbocycles. The molecule has 0 aromatic heterocycles. The van der Waals surface area contributed by atoms with Crippen LogP contribution in [0, 0.1) is 6.92 Å². The lowest BCUT2D eigenvalue weighted by Crippen LogP contribution is -2.26. The monoisotopic (exact) mass is 296 g/mol. The predicted octanol–water partition coefficient (Wildman–Crippen LogP) is 1.78. The third kappa shape index (κ3) is 2.95. The van der Waals surface area contributed by atoms with Gasteiger partial charge in [-0.2, -0.15) is 0 Å². The van der Waals surface area contributed by atoms with E-state index in [1.54, 1.807) is 6.07 Å². The van der Waals surface area contributed by atoms with Gasteiger partial charge in [0, 0.05) is 0 Å². The van der Waals surface area contributed by atoms with Crippen LogP contribution in [0.2, 0.25) is 0 Å². The van der Waals surface area contributed by atoms with Gasteiger partial charge in [0.1, 0.15) is 0 Å². The average Bonchev–Trinajstić information content (AvgIpc) is 2.27. The van der Waals surface area contributed by atoms with Crippen LogP contribution in [0.5, 0.6) is 0 Å². The van der Waals surface area contributed by atoms with Gasteiger partial charge in [-0.1, -0.05) is 26.8 Å². The molecule has 1 aromatic rings. The molecule has 1 aromatic carbocycles. The minimum Gasteiger partial charge on any atom is -0.472 e. The topological polar surface area (TPSA) is 108 Å². The van der Waals surface area contributed by atoms with Gasteiger partial charge in [-0.05, 0) is 35.6 Å². The van der Waals surface area contributed by atoms with Crippen LogP contribution in [0.1, 0.15) is 31.9 Å². The Morgan fingerprint density at radius 1 is 1.30 bits per heavy atom. The summed E-state index contributed by atoms with van der Waals surface area (Å²) < 4.78 is 24.2. The summed E-state index contributed by atoms with van der Waals surface area (Å²) in [6.07, 6.45) is 0. The maximum atomic E-state index is 12.1. The molecule has 0 aliphatic rings. The molecule has 20 heavy (non-hydrogen) atoms. The summed E-state index contributed by atoms with van der Waals surface area (Å²) >= 11 is 0. The Hall–Kier alpha value is -1.98. The van der Waals surface area contributed by atoms with Crippen LogP contribution in [-0.4, -0.2) is 29.3 Å². The van der Waals surface area contributed by atoms with Gasteiger partial charge in [-0.3, -0.25) is 0 Å². The standard InChI is InChI=1S/C13H16N2O4S/c1-8-5-6-9(7-10(8)13(2,3)4)20(18,19)11(15-14)12(16)17/h5-7H,1-4H3,(H,16,17). The highest BCUT2D eigenvalue weighted by atomic mass is 32.2. The molecule has 0 fully saturated rings. The summed E-state index contributed by atoms with van der Waals surface area (Å²) in [5.41, 5.74) is 9.99. The molecule has 108 valence electrons. The van der Waals surface area contributed by atoms with E-state index in [1.165, 1.54) is 12.1 Å². The van der Waals surface area contributed by atoms with E-state index >= 15 is 0 Å². The van der Waals surface area contributed by atoms with E-state index in [-0.39, 0.29) is 10.3 Å². The Labute approximate surface area is 117 Å². The highest BCUT2D eigenvalue weighted by molar-refractivity contribution is 8.08. The Bertz CT molecular complexity index is 708. The molecule has 1 rings (SSSR count). The van der Waals surface area contributed by atoms with E-state index in [1.807, 2.05) is 27.7 Å². The number of aliphatic carboxylic acids is 1. The smallest absolute Gasteiger partial charge is 0.472 e. The van der Waals surface area contributed by atoms with Crippen molar-refractivity contribution in [2.75, 3.05) is 0 Å². The SMILES string of the molecule is Cc1ccc(S(=O)(=O)C(=[N+]=[N-])C(=O)O)cc1C(C)(C)C. The van der Waals surface area contributed by atoms with E-state index in [4.69, 9.17) is 10.6 Å². The maximum absolute atomic E-state index is 12.1. The Morgan fingerprint density at radius 3 is 2.25 bits per heavy atom. The van der Waals surface area contributed by atoms with Gasteiger partial charge in [0.2, 0.25) is 0 Å². The van der Waals surface area contributed by atoms with Gasteiger partial charge in [0.05, 0.1) is 4.90 Å². The lowest BCUT2D eigenvalue weighted by atomic mass is 9.84. The lowest BCUT2D eigenvalue weighted by molar-refractivity contribution is -0.133. The van der Waals surface area contributed by atoms with E-state index < -0.39 is 20.9 Å². The second-order valence-corrected chi connectivity index (χ2v) is 7.31. The van der Waals surface area contributed by atoms with Crippen molar-refractivity contribution in [3.8, 4) is 0 Å². The second-order valence-electron chi connectivity index (χ2n) is 5.44. The zero-order valence-corrected chi connectivity index (χ0v) is 12.5. The van der Waals surface area contributed by atoms with Crippen molar-refractivity contribution in [3.05, 3.63) is 34.9 Å². The summed E-state index contributed by atoms with van der Waals surface area (Å²) in [5.74, 6) is -1.80. The number of nitrogens with zero attached hydrogens (tertiary/aromatic N) is 2. The van der Waals surface area contributed by atoms with Crippen LogP contribution in [0.3, 0.4) is 0 Å². The Kier molecular flexibility index (Phi) is 4.17. The molecule has 0 aliphatic heterocycles. The molecule has 0 unspecified atom stereocenters. The van der Waals surface area contributed by atoms with Crippen molar-refractivity contribution >= 4 is 20.9 Å². The quantitative estimate of drug-likeness (QED) is 0.369. The third-order valence-corrected chi connectivity index (χ3v) is 4.50. The van der Waals surface area contributed by atoms with Gasteiger partial charge in [0.25, 0.3) is 9.84 Å². The Balaban J connectivity index is 3.58. The number of rotatable bonds is 1. The molecule has 0 spiro atoms. The van der Waals surface area contributed by atoms with Crippen LogP contribution in [-0.2, 0) is 20.0 Å². The normalized spacial score (nSPS) is 11.8. The van der Waals surface area contributed by atoms with Crippen LogP contribution >= 0.6 is 0 Å². The van der Waals surface area contributed by atoms with Crippen LogP contribution in [0.15, 0.2) is 23.1 Å². The van der Waals surface area contributed by atoms with Crippen molar-refractivity contribution in [2.45, 2.75) is 38.0 Å². The fraction of sp³-hybridized carbons (Fsp3) is 0.385. The summed E-state index contributed by atoms with van der Waals surface area (Å²) in [7, 11) is -4.35. The molecular weight excluding hydrogens is 280 g/mol. The van der Waals surface area contributed by atoms with Gasteiger partial charge < -0.3 is 10.6 Å². The fourth-order valence-electron chi connectivity index (χ4n) is 1.90. The number of carboxylic acid groups (broad SMARTS) is 1. The third-order valence-electron chi connectivity index (χ3n) is 2.86. The molecular formula is C13H16N2O4S. The van der Waals surface area contributed by atoms with E-state index in [0.717, 1.165) is 11.1 Å². The van der Waals surface area contributed by atoms with Crippen molar-refractivity contribution < 1.29 is 23.1 Å². The van der Waals surface area contributed by atoms with Gasteiger partial charge in [0.15, 0.2) is 0 Å². The first kappa shape index (κ1) is 16.1. The number of carbonyl (C=O) groups is 1. The van der Waals surface area contributed by atoms with Crippen molar-refractivity contribution in [1.29, 1.82) is 0 Å². The molecule has 7 heteroatoms. The highest BCUT2D eigenvalue weighted by Gasteiger charge is 2.38. The van der Waals surface area contributed by atoms with Crippen molar-refractivity contribution in [1.82, 2.24) is 0 Å².